The maximum absolute atomic E-state index is 6.65. The molecular formula is C45H28N2OS. The van der Waals surface area contributed by atoms with E-state index in [0.29, 0.717) is 5.89 Å². The van der Waals surface area contributed by atoms with Gasteiger partial charge in [0, 0.05) is 53.6 Å². The first-order valence-electron chi connectivity index (χ1n) is 16.5. The molecule has 4 heteroatoms. The summed E-state index contributed by atoms with van der Waals surface area (Å²) in [5, 5.41) is 7.06. The fourth-order valence-corrected chi connectivity index (χ4v) is 8.25. The molecule has 0 N–H and O–H groups in total. The minimum Gasteiger partial charge on any atom is -0.435 e. The second-order valence-electron chi connectivity index (χ2n) is 12.4. The summed E-state index contributed by atoms with van der Waals surface area (Å²) in [7, 11) is 0. The van der Waals surface area contributed by atoms with E-state index in [1.165, 1.54) is 42.1 Å². The lowest BCUT2D eigenvalue weighted by atomic mass is 10.0. The van der Waals surface area contributed by atoms with Crippen LogP contribution < -0.4 is 4.90 Å². The van der Waals surface area contributed by atoms with Crippen molar-refractivity contribution in [2.45, 2.75) is 0 Å². The Hall–Kier alpha value is -6.23. The molecule has 0 radical (unpaired) electrons. The van der Waals surface area contributed by atoms with E-state index in [9.17, 15) is 0 Å². The standard InChI is InChI=1S/C45H28N2OS/c1-2-11-29(12-3-1)30-21-23-32(24-22-30)47(34-25-26-42-40(28-34)37-17-8-9-20-41(37)49-42)33-14-10-13-31(27-33)45-46-43-38-18-6-4-15-35(38)36-16-5-7-19-39(36)44(43)48-45/h1-28H. The van der Waals surface area contributed by atoms with Crippen molar-refractivity contribution in [2.24, 2.45) is 0 Å². The van der Waals surface area contributed by atoms with Gasteiger partial charge in [-0.2, -0.15) is 0 Å². The lowest BCUT2D eigenvalue weighted by Gasteiger charge is -2.26. The fourth-order valence-electron chi connectivity index (χ4n) is 7.16. The average Bonchev–Trinajstić information content (AvgIpc) is 3.79. The van der Waals surface area contributed by atoms with Crippen LogP contribution in [0.4, 0.5) is 17.1 Å². The molecule has 49 heavy (non-hydrogen) atoms. The van der Waals surface area contributed by atoms with Crippen molar-refractivity contribution in [2.75, 3.05) is 4.90 Å². The third-order valence-electron chi connectivity index (χ3n) is 9.47. The number of oxazole rings is 1. The molecule has 0 saturated carbocycles. The van der Waals surface area contributed by atoms with Crippen LogP contribution in [0.5, 0.6) is 0 Å². The quantitative estimate of drug-likeness (QED) is 0.175. The maximum atomic E-state index is 6.65. The Bertz CT molecular complexity index is 2760. The number of hydrogen-bond donors (Lipinski definition) is 0. The Morgan fingerprint density at radius 1 is 0.408 bits per heavy atom. The molecule has 3 nitrogen and oxygen atoms in total. The van der Waals surface area contributed by atoms with E-state index in [-0.39, 0.29) is 0 Å². The summed E-state index contributed by atoms with van der Waals surface area (Å²) in [4.78, 5) is 7.47. The van der Waals surface area contributed by atoms with Crippen molar-refractivity contribution < 1.29 is 4.42 Å². The molecule has 0 saturated heterocycles. The molecule has 0 aliphatic rings. The van der Waals surface area contributed by atoms with Gasteiger partial charge < -0.3 is 9.32 Å². The predicted molar refractivity (Wildman–Crippen MR) is 207 cm³/mol. The summed E-state index contributed by atoms with van der Waals surface area (Å²) in [5.74, 6) is 0.608. The number of thiophene rings is 1. The van der Waals surface area contributed by atoms with Crippen molar-refractivity contribution in [3.8, 4) is 22.6 Å². The van der Waals surface area contributed by atoms with Crippen LogP contribution >= 0.6 is 11.3 Å². The molecule has 0 unspecified atom stereocenters. The van der Waals surface area contributed by atoms with Gasteiger partial charge in [0.15, 0.2) is 5.58 Å². The van der Waals surface area contributed by atoms with Crippen LogP contribution in [-0.4, -0.2) is 4.98 Å². The highest BCUT2D eigenvalue weighted by Gasteiger charge is 2.19. The Morgan fingerprint density at radius 3 is 1.82 bits per heavy atom. The Kier molecular flexibility index (Phi) is 6.36. The van der Waals surface area contributed by atoms with E-state index in [1.807, 2.05) is 11.3 Å². The van der Waals surface area contributed by atoms with Gasteiger partial charge in [-0.25, -0.2) is 4.98 Å². The summed E-state index contributed by atoms with van der Waals surface area (Å²) < 4.78 is 9.23. The number of anilines is 3. The van der Waals surface area contributed by atoms with E-state index in [0.717, 1.165) is 44.5 Å². The Balaban J connectivity index is 1.15. The summed E-state index contributed by atoms with van der Waals surface area (Å²) in [6.07, 6.45) is 0. The highest BCUT2D eigenvalue weighted by atomic mass is 32.1. The van der Waals surface area contributed by atoms with Gasteiger partial charge in [-0.15, -0.1) is 11.3 Å². The van der Waals surface area contributed by atoms with Crippen LogP contribution in [0.25, 0.3) is 75.4 Å². The first-order valence-corrected chi connectivity index (χ1v) is 17.3. The van der Waals surface area contributed by atoms with E-state index in [2.05, 4.69) is 175 Å². The highest BCUT2D eigenvalue weighted by molar-refractivity contribution is 7.25. The second kappa shape index (κ2) is 11.2. The first kappa shape index (κ1) is 27.8. The van der Waals surface area contributed by atoms with Crippen LogP contribution in [0.15, 0.2) is 174 Å². The topological polar surface area (TPSA) is 29.3 Å². The highest BCUT2D eigenvalue weighted by Crippen LogP contribution is 2.43. The molecule has 0 atom stereocenters. The summed E-state index contributed by atoms with van der Waals surface area (Å²) in [5.41, 5.74) is 8.21. The molecule has 10 aromatic rings. The van der Waals surface area contributed by atoms with Crippen LogP contribution in [0, 0.1) is 0 Å². The first-order chi connectivity index (χ1) is 24.3. The number of aromatic nitrogens is 1. The van der Waals surface area contributed by atoms with Gasteiger partial charge in [0.2, 0.25) is 5.89 Å². The molecule has 8 aromatic carbocycles. The van der Waals surface area contributed by atoms with Gasteiger partial charge in [0.05, 0.1) is 0 Å². The van der Waals surface area contributed by atoms with Gasteiger partial charge in [-0.3, -0.25) is 0 Å². The molecule has 0 amide bonds. The average molecular weight is 645 g/mol. The predicted octanol–water partition coefficient (Wildman–Crippen LogP) is 13.3. The third-order valence-corrected chi connectivity index (χ3v) is 10.6. The minimum absolute atomic E-state index is 0.608. The lowest BCUT2D eigenvalue weighted by Crippen LogP contribution is -2.10. The van der Waals surface area contributed by atoms with Crippen molar-refractivity contribution >= 4 is 81.2 Å². The van der Waals surface area contributed by atoms with Crippen molar-refractivity contribution in [3.05, 3.63) is 170 Å². The molecule has 2 aromatic heterocycles. The van der Waals surface area contributed by atoms with Crippen LogP contribution in [0.1, 0.15) is 0 Å². The van der Waals surface area contributed by atoms with Crippen molar-refractivity contribution in [1.29, 1.82) is 0 Å². The van der Waals surface area contributed by atoms with E-state index >= 15 is 0 Å². The van der Waals surface area contributed by atoms with Gasteiger partial charge in [-0.05, 0) is 76.5 Å². The number of nitrogens with zero attached hydrogens (tertiary/aromatic N) is 2. The van der Waals surface area contributed by atoms with Gasteiger partial charge in [-0.1, -0.05) is 115 Å². The van der Waals surface area contributed by atoms with Crippen LogP contribution in [0.2, 0.25) is 0 Å². The van der Waals surface area contributed by atoms with Gasteiger partial charge in [0.25, 0.3) is 0 Å². The molecular weight excluding hydrogens is 617 g/mol. The molecule has 2 heterocycles. The molecule has 0 fully saturated rings. The zero-order chi connectivity index (χ0) is 32.3. The number of rotatable bonds is 5. The Labute approximate surface area is 286 Å². The monoisotopic (exact) mass is 644 g/mol. The number of benzene rings is 8. The smallest absolute Gasteiger partial charge is 0.227 e. The van der Waals surface area contributed by atoms with E-state index in [4.69, 9.17) is 9.40 Å². The number of hydrogen-bond acceptors (Lipinski definition) is 4. The Morgan fingerprint density at radius 2 is 1.00 bits per heavy atom. The van der Waals surface area contributed by atoms with Crippen molar-refractivity contribution in [1.82, 2.24) is 4.98 Å². The zero-order valence-electron chi connectivity index (χ0n) is 26.4. The SMILES string of the molecule is c1ccc(-c2ccc(N(c3cccc(-c4nc5c6ccccc6c6ccccc6c5o4)c3)c3ccc4sc5ccccc5c4c3)cc2)cc1. The molecule has 0 aliphatic heterocycles. The van der Waals surface area contributed by atoms with Crippen LogP contribution in [-0.2, 0) is 0 Å². The van der Waals surface area contributed by atoms with Crippen LogP contribution in [0.3, 0.4) is 0 Å². The minimum atomic E-state index is 0.608. The fraction of sp³-hybridized carbons (Fsp3) is 0. The van der Waals surface area contributed by atoms with E-state index < -0.39 is 0 Å². The molecule has 10 rings (SSSR count). The van der Waals surface area contributed by atoms with Crippen molar-refractivity contribution in [3.63, 3.8) is 0 Å². The normalized spacial score (nSPS) is 11.7. The maximum Gasteiger partial charge on any atom is 0.227 e. The second-order valence-corrected chi connectivity index (χ2v) is 13.4. The summed E-state index contributed by atoms with van der Waals surface area (Å²) in [6, 6.07) is 60.3. The third kappa shape index (κ3) is 4.61. The molecule has 230 valence electrons. The van der Waals surface area contributed by atoms with Gasteiger partial charge >= 0.3 is 0 Å². The summed E-state index contributed by atoms with van der Waals surface area (Å²) >= 11 is 1.84. The molecule has 0 bridgehead atoms. The van der Waals surface area contributed by atoms with E-state index in [1.54, 1.807) is 0 Å². The zero-order valence-corrected chi connectivity index (χ0v) is 27.2. The number of fused-ring (bicyclic) bond motifs is 9. The largest absolute Gasteiger partial charge is 0.435 e. The molecule has 0 aliphatic carbocycles. The summed E-state index contributed by atoms with van der Waals surface area (Å²) in [6.45, 7) is 0. The lowest BCUT2D eigenvalue weighted by molar-refractivity contribution is 0.623. The van der Waals surface area contributed by atoms with Gasteiger partial charge in [0.1, 0.15) is 5.52 Å². The molecule has 0 spiro atoms.